The van der Waals surface area contributed by atoms with Gasteiger partial charge in [0, 0.05) is 25.1 Å². The molecule has 0 radical (unpaired) electrons. The van der Waals surface area contributed by atoms with Gasteiger partial charge in [0.15, 0.2) is 0 Å². The summed E-state index contributed by atoms with van der Waals surface area (Å²) in [5, 5.41) is 12.5. The van der Waals surface area contributed by atoms with Gasteiger partial charge < -0.3 is 26.0 Å². The van der Waals surface area contributed by atoms with Gasteiger partial charge in [0.05, 0.1) is 6.04 Å². The van der Waals surface area contributed by atoms with E-state index < -0.39 is 17.6 Å². The Balaban J connectivity index is 1.63. The number of carbonyl (C=O) groups excluding carboxylic acids is 3. The van der Waals surface area contributed by atoms with E-state index in [9.17, 15) is 14.4 Å². The first-order valence-electron chi connectivity index (χ1n) is 14.5. The smallest absolute Gasteiger partial charge is 0.246 e. The molecule has 2 aliphatic rings. The molecular weight excluding hydrogens is 504 g/mol. The van der Waals surface area contributed by atoms with Gasteiger partial charge in [-0.15, -0.1) is 0 Å². The van der Waals surface area contributed by atoms with E-state index in [4.69, 9.17) is 4.74 Å². The summed E-state index contributed by atoms with van der Waals surface area (Å²) >= 11 is 0. The van der Waals surface area contributed by atoms with Crippen LogP contribution in [-0.4, -0.2) is 55.0 Å². The van der Waals surface area contributed by atoms with Crippen LogP contribution in [0.4, 0.5) is 0 Å². The Morgan fingerprint density at radius 3 is 2.45 bits per heavy atom. The topological polar surface area (TPSA) is 109 Å². The summed E-state index contributed by atoms with van der Waals surface area (Å²) in [5.41, 5.74) is 0.796. The zero-order chi connectivity index (χ0) is 28.4. The summed E-state index contributed by atoms with van der Waals surface area (Å²) in [6.45, 7) is 5.25. The van der Waals surface area contributed by atoms with Crippen LogP contribution in [0.1, 0.15) is 57.1 Å². The fourth-order valence-corrected chi connectivity index (χ4v) is 5.44. The number of fused-ring (bicyclic) bond motifs is 1. The van der Waals surface area contributed by atoms with Crippen molar-refractivity contribution in [3.63, 3.8) is 0 Å². The second-order valence-electron chi connectivity index (χ2n) is 10.8. The molecule has 1 saturated carbocycles. The number of hydrogen-bond donors (Lipinski definition) is 4. The van der Waals surface area contributed by atoms with Gasteiger partial charge in [-0.1, -0.05) is 93.8 Å². The first kappa shape index (κ1) is 29.3. The normalized spacial score (nSPS) is 23.9. The molecule has 8 nitrogen and oxygen atoms in total. The number of para-hydroxylation sites is 1. The van der Waals surface area contributed by atoms with Gasteiger partial charge in [-0.3, -0.25) is 14.4 Å². The van der Waals surface area contributed by atoms with Crippen molar-refractivity contribution in [2.45, 2.75) is 70.0 Å². The summed E-state index contributed by atoms with van der Waals surface area (Å²) in [4.78, 5) is 40.9. The monoisotopic (exact) mass is 546 g/mol. The molecular formula is C32H42N4O4. The fraction of sp³-hybridized carbons (Fsp3) is 0.469. The second kappa shape index (κ2) is 14.1. The van der Waals surface area contributed by atoms with Gasteiger partial charge >= 0.3 is 0 Å². The number of ether oxygens (including phenoxy) is 1. The third-order valence-electron chi connectivity index (χ3n) is 7.99. The molecule has 0 saturated heterocycles. The molecule has 4 N–H and O–H groups in total. The molecule has 1 aliphatic heterocycles. The zero-order valence-corrected chi connectivity index (χ0v) is 23.6. The Hall–Kier alpha value is -3.65. The number of amides is 3. The van der Waals surface area contributed by atoms with Crippen LogP contribution in [0.3, 0.4) is 0 Å². The number of carbonyl (C=O) groups is 3. The lowest BCUT2D eigenvalue weighted by Gasteiger charge is -2.34. The lowest BCUT2D eigenvalue weighted by Crippen LogP contribution is -2.64. The second-order valence-corrected chi connectivity index (χ2v) is 10.8. The van der Waals surface area contributed by atoms with Crippen molar-refractivity contribution < 1.29 is 19.1 Å². The van der Waals surface area contributed by atoms with E-state index in [1.165, 1.54) is 0 Å². The van der Waals surface area contributed by atoms with E-state index in [1.54, 1.807) is 0 Å². The lowest BCUT2D eigenvalue weighted by molar-refractivity contribution is -0.137. The molecule has 0 aromatic heterocycles. The quantitative estimate of drug-likeness (QED) is 0.470. The predicted octanol–water partition coefficient (Wildman–Crippen LogP) is 3.37. The van der Waals surface area contributed by atoms with Crippen molar-refractivity contribution in [1.82, 2.24) is 21.3 Å². The van der Waals surface area contributed by atoms with Gasteiger partial charge in [-0.25, -0.2) is 0 Å². The summed E-state index contributed by atoms with van der Waals surface area (Å²) in [6, 6.07) is 16.1. The molecule has 3 amide bonds. The van der Waals surface area contributed by atoms with E-state index in [0.717, 1.165) is 36.1 Å². The van der Waals surface area contributed by atoms with Crippen molar-refractivity contribution in [3.05, 3.63) is 71.8 Å². The Morgan fingerprint density at radius 1 is 0.975 bits per heavy atom. The molecule has 1 aliphatic carbocycles. The molecule has 1 spiro atoms. The highest BCUT2D eigenvalue weighted by atomic mass is 16.5. The maximum Gasteiger partial charge on any atom is 0.246 e. The first-order chi connectivity index (χ1) is 19.4. The molecule has 8 heteroatoms. The minimum absolute atomic E-state index is 0.0546. The average Bonchev–Trinajstić information content (AvgIpc) is 3.44. The van der Waals surface area contributed by atoms with Crippen molar-refractivity contribution in [2.24, 2.45) is 5.92 Å². The third kappa shape index (κ3) is 7.50. The standard InChI is InChI=1S/C32H42N4O4/c1-3-23(2)28-30(38)36-32(17-9-10-18-32)31(39)35-26(22-24-12-5-4-6-13-24)29(37)34-19-11-15-25-14-7-8-16-27(25)40-21-20-33-28/h4-8,11-16,23,26,28,33H,3,9-10,17-22H2,1-2H3,(H,34,37)(H,35,39)(H,36,38)/b15-11-. The highest BCUT2D eigenvalue weighted by molar-refractivity contribution is 5.96. The highest BCUT2D eigenvalue weighted by Gasteiger charge is 2.45. The Bertz CT molecular complexity index is 1180. The molecule has 1 heterocycles. The van der Waals surface area contributed by atoms with Crippen molar-refractivity contribution in [1.29, 1.82) is 0 Å². The first-order valence-corrected chi connectivity index (χ1v) is 14.5. The molecule has 3 atom stereocenters. The number of hydrogen-bond acceptors (Lipinski definition) is 5. The molecule has 1 fully saturated rings. The minimum Gasteiger partial charge on any atom is -0.492 e. The van der Waals surface area contributed by atoms with Crippen LogP contribution >= 0.6 is 0 Å². The Morgan fingerprint density at radius 2 is 1.70 bits per heavy atom. The molecule has 2 aromatic carbocycles. The van der Waals surface area contributed by atoms with Crippen LogP contribution in [0.2, 0.25) is 0 Å². The van der Waals surface area contributed by atoms with E-state index in [2.05, 4.69) is 28.2 Å². The number of rotatable bonds is 4. The highest BCUT2D eigenvalue weighted by Crippen LogP contribution is 2.31. The summed E-state index contributed by atoms with van der Waals surface area (Å²) in [7, 11) is 0. The van der Waals surface area contributed by atoms with E-state index in [0.29, 0.717) is 39.0 Å². The van der Waals surface area contributed by atoms with Crippen molar-refractivity contribution in [2.75, 3.05) is 19.7 Å². The number of benzene rings is 2. The summed E-state index contributed by atoms with van der Waals surface area (Å²) < 4.78 is 6.05. The number of nitrogens with one attached hydrogen (secondary N) is 4. The third-order valence-corrected chi connectivity index (χ3v) is 7.99. The van der Waals surface area contributed by atoms with Gasteiger partial charge in [0.1, 0.15) is 23.9 Å². The summed E-state index contributed by atoms with van der Waals surface area (Å²) in [5.74, 6) is 0.0212. The molecule has 40 heavy (non-hydrogen) atoms. The molecule has 0 bridgehead atoms. The summed E-state index contributed by atoms with van der Waals surface area (Å²) in [6.07, 6.45) is 7.70. The van der Waals surface area contributed by atoms with Gasteiger partial charge in [-0.05, 0) is 30.4 Å². The molecule has 4 rings (SSSR count). The van der Waals surface area contributed by atoms with Crippen LogP contribution in [0.15, 0.2) is 60.7 Å². The molecule has 3 unspecified atom stereocenters. The fourth-order valence-electron chi connectivity index (χ4n) is 5.44. The van der Waals surface area contributed by atoms with Crippen LogP contribution in [0.25, 0.3) is 6.08 Å². The molecule has 2 aromatic rings. The SMILES string of the molecule is CCC(C)C1NCCOc2ccccc2/C=C\CNC(=O)C(Cc2ccccc2)NC(=O)C2(CCCC2)NC1=O. The Kier molecular flexibility index (Phi) is 10.4. The molecule has 214 valence electrons. The van der Waals surface area contributed by atoms with E-state index in [-0.39, 0.29) is 23.6 Å². The van der Waals surface area contributed by atoms with Crippen LogP contribution in [0, 0.1) is 5.92 Å². The predicted molar refractivity (Wildman–Crippen MR) is 157 cm³/mol. The zero-order valence-electron chi connectivity index (χ0n) is 23.6. The van der Waals surface area contributed by atoms with Crippen LogP contribution < -0.4 is 26.0 Å². The van der Waals surface area contributed by atoms with E-state index >= 15 is 0 Å². The van der Waals surface area contributed by atoms with Crippen LogP contribution in [-0.2, 0) is 20.8 Å². The van der Waals surface area contributed by atoms with Gasteiger partial charge in [-0.2, -0.15) is 0 Å². The van der Waals surface area contributed by atoms with Crippen molar-refractivity contribution in [3.8, 4) is 5.75 Å². The minimum atomic E-state index is -1.04. The van der Waals surface area contributed by atoms with Crippen molar-refractivity contribution >= 4 is 23.8 Å². The van der Waals surface area contributed by atoms with Crippen LogP contribution in [0.5, 0.6) is 5.75 Å². The van der Waals surface area contributed by atoms with E-state index in [1.807, 2.05) is 73.7 Å². The maximum atomic E-state index is 13.8. The Labute approximate surface area is 237 Å². The average molecular weight is 547 g/mol. The van der Waals surface area contributed by atoms with Gasteiger partial charge in [0.2, 0.25) is 17.7 Å². The maximum absolute atomic E-state index is 13.8. The lowest BCUT2D eigenvalue weighted by atomic mass is 9.92. The van der Waals surface area contributed by atoms with Gasteiger partial charge in [0.25, 0.3) is 0 Å². The largest absolute Gasteiger partial charge is 0.492 e.